The first kappa shape index (κ1) is 15.5. The number of quaternary nitrogens is 1. The van der Waals surface area contributed by atoms with E-state index in [1.54, 1.807) is 0 Å². The van der Waals surface area contributed by atoms with E-state index in [0.29, 0.717) is 0 Å². The predicted molar refractivity (Wildman–Crippen MR) is 84.7 cm³/mol. The highest BCUT2D eigenvalue weighted by Crippen LogP contribution is 2.42. The van der Waals surface area contributed by atoms with Crippen LogP contribution in [0.1, 0.15) is 51.0 Å². The lowest BCUT2D eigenvalue weighted by Crippen LogP contribution is -2.51. The van der Waals surface area contributed by atoms with Crippen molar-refractivity contribution >= 4 is 0 Å². The van der Waals surface area contributed by atoms with Crippen LogP contribution in [-0.2, 0) is 0 Å². The first-order valence-corrected chi connectivity index (χ1v) is 8.14. The maximum Gasteiger partial charge on any atom is 0.0882 e. The molecular formula is C18H30NO+. The number of nitrogens with zero attached hydrogens (tertiary/aromatic N) is 1. The lowest BCUT2D eigenvalue weighted by molar-refractivity contribution is -0.908. The minimum atomic E-state index is -0.495. The second kappa shape index (κ2) is 6.28. The van der Waals surface area contributed by atoms with Gasteiger partial charge in [-0.1, -0.05) is 43.2 Å². The zero-order valence-corrected chi connectivity index (χ0v) is 13.3. The molecule has 0 unspecified atom stereocenters. The second-order valence-corrected chi connectivity index (χ2v) is 6.71. The number of aliphatic hydroxyl groups is 1. The van der Waals surface area contributed by atoms with Gasteiger partial charge in [0, 0.05) is 0 Å². The Kier molecular flexibility index (Phi) is 4.87. The van der Waals surface area contributed by atoms with Crippen LogP contribution in [0.25, 0.3) is 0 Å². The summed E-state index contributed by atoms with van der Waals surface area (Å²) in [5, 5.41) is 11.1. The van der Waals surface area contributed by atoms with E-state index in [2.05, 4.69) is 51.2 Å². The van der Waals surface area contributed by atoms with Gasteiger partial charge in [-0.2, -0.15) is 0 Å². The molecule has 1 aliphatic rings. The predicted octanol–water partition coefficient (Wildman–Crippen LogP) is 3.56. The fourth-order valence-electron chi connectivity index (χ4n) is 3.53. The zero-order chi connectivity index (χ0) is 14.6. The molecule has 112 valence electrons. The molecule has 0 amide bonds. The number of hydrogen-bond acceptors (Lipinski definition) is 1. The molecule has 1 fully saturated rings. The van der Waals surface area contributed by atoms with Crippen LogP contribution in [0.5, 0.6) is 0 Å². The third-order valence-corrected chi connectivity index (χ3v) is 5.47. The number of benzene rings is 1. The van der Waals surface area contributed by atoms with Crippen LogP contribution in [0, 0.1) is 0 Å². The van der Waals surface area contributed by atoms with E-state index in [4.69, 9.17) is 0 Å². The highest BCUT2D eigenvalue weighted by Gasteiger charge is 2.43. The summed E-state index contributed by atoms with van der Waals surface area (Å²) in [4.78, 5) is 0. The van der Waals surface area contributed by atoms with Crippen LogP contribution in [0.3, 0.4) is 0 Å². The van der Waals surface area contributed by atoms with E-state index in [1.807, 2.05) is 0 Å². The van der Waals surface area contributed by atoms with Gasteiger partial charge in [-0.25, -0.2) is 0 Å². The lowest BCUT2D eigenvalue weighted by atomic mass is 9.80. The summed E-state index contributed by atoms with van der Waals surface area (Å²) in [5.41, 5.74) is 0.814. The van der Waals surface area contributed by atoms with Crippen molar-refractivity contribution in [1.82, 2.24) is 0 Å². The Morgan fingerprint density at radius 1 is 1.10 bits per heavy atom. The van der Waals surface area contributed by atoms with E-state index in [9.17, 15) is 5.11 Å². The molecule has 0 heterocycles. The van der Waals surface area contributed by atoms with Crippen LogP contribution >= 0.6 is 0 Å². The van der Waals surface area contributed by atoms with Crippen LogP contribution in [0.15, 0.2) is 30.3 Å². The van der Waals surface area contributed by atoms with Gasteiger partial charge in [0.1, 0.15) is 0 Å². The average molecular weight is 276 g/mol. The third kappa shape index (κ3) is 3.24. The summed E-state index contributed by atoms with van der Waals surface area (Å²) in [6, 6.07) is 10.6. The van der Waals surface area contributed by atoms with E-state index in [-0.39, 0.29) is 5.92 Å². The molecule has 0 aliphatic heterocycles. The Bertz CT molecular complexity index is 405. The summed E-state index contributed by atoms with van der Waals surface area (Å²) < 4.78 is 1.03. The lowest BCUT2D eigenvalue weighted by Gasteiger charge is -2.41. The normalized spacial score (nSPS) is 20.0. The standard InChI is InChI=1S/C18H30NO/c1-4-19(3,5-2)15-17(16-11-7-6-8-12-16)18(20)13-9-10-14-18/h6-8,11-12,17,20H,4-5,9-10,13-15H2,1-3H3/q+1/t17-/m1/s1. The Morgan fingerprint density at radius 3 is 2.15 bits per heavy atom. The molecule has 1 N–H and O–H groups in total. The van der Waals surface area contributed by atoms with Crippen molar-refractivity contribution in [2.24, 2.45) is 0 Å². The quantitative estimate of drug-likeness (QED) is 0.788. The fraction of sp³-hybridized carbons (Fsp3) is 0.667. The van der Waals surface area contributed by atoms with Crippen molar-refractivity contribution in [3.63, 3.8) is 0 Å². The van der Waals surface area contributed by atoms with Gasteiger partial charge in [0.15, 0.2) is 0 Å². The molecule has 1 saturated carbocycles. The summed E-state index contributed by atoms with van der Waals surface area (Å²) in [5.74, 6) is 0.260. The van der Waals surface area contributed by atoms with Gasteiger partial charge >= 0.3 is 0 Å². The number of hydrogen-bond donors (Lipinski definition) is 1. The van der Waals surface area contributed by atoms with Crippen molar-refractivity contribution in [2.75, 3.05) is 26.7 Å². The van der Waals surface area contributed by atoms with Crippen LogP contribution in [0.4, 0.5) is 0 Å². The smallest absolute Gasteiger partial charge is 0.0882 e. The van der Waals surface area contributed by atoms with Gasteiger partial charge in [0.25, 0.3) is 0 Å². The zero-order valence-electron chi connectivity index (χ0n) is 13.3. The molecule has 1 aromatic carbocycles. The Morgan fingerprint density at radius 2 is 1.65 bits per heavy atom. The largest absolute Gasteiger partial charge is 0.389 e. The van der Waals surface area contributed by atoms with E-state index in [0.717, 1.165) is 37.0 Å². The maximum absolute atomic E-state index is 11.1. The van der Waals surface area contributed by atoms with Crippen LogP contribution < -0.4 is 0 Å². The molecule has 2 nitrogen and oxygen atoms in total. The maximum atomic E-state index is 11.1. The van der Waals surface area contributed by atoms with Gasteiger partial charge < -0.3 is 9.59 Å². The van der Waals surface area contributed by atoms with Gasteiger partial charge in [-0.05, 0) is 32.3 Å². The third-order valence-electron chi connectivity index (χ3n) is 5.47. The molecular weight excluding hydrogens is 246 g/mol. The monoisotopic (exact) mass is 276 g/mol. The molecule has 2 heteroatoms. The average Bonchev–Trinajstić information content (AvgIpc) is 2.93. The molecule has 0 bridgehead atoms. The van der Waals surface area contributed by atoms with Crippen molar-refractivity contribution in [2.45, 2.75) is 51.0 Å². The van der Waals surface area contributed by atoms with Crippen LogP contribution in [-0.4, -0.2) is 41.9 Å². The van der Waals surface area contributed by atoms with E-state index in [1.165, 1.54) is 18.4 Å². The minimum absolute atomic E-state index is 0.260. The Balaban J connectivity index is 2.30. The fourth-order valence-corrected chi connectivity index (χ4v) is 3.53. The van der Waals surface area contributed by atoms with Gasteiger partial charge in [-0.15, -0.1) is 0 Å². The molecule has 2 rings (SSSR count). The van der Waals surface area contributed by atoms with Gasteiger partial charge in [0.05, 0.1) is 38.2 Å². The summed E-state index contributed by atoms with van der Waals surface area (Å²) in [6.45, 7) is 7.79. The van der Waals surface area contributed by atoms with Gasteiger partial charge in [0.2, 0.25) is 0 Å². The Hall–Kier alpha value is -0.860. The first-order valence-electron chi connectivity index (χ1n) is 8.14. The molecule has 1 aliphatic carbocycles. The van der Waals surface area contributed by atoms with Crippen molar-refractivity contribution in [3.05, 3.63) is 35.9 Å². The highest BCUT2D eigenvalue weighted by molar-refractivity contribution is 5.23. The summed E-state index contributed by atoms with van der Waals surface area (Å²) in [7, 11) is 2.31. The minimum Gasteiger partial charge on any atom is -0.389 e. The van der Waals surface area contributed by atoms with Crippen molar-refractivity contribution < 1.29 is 9.59 Å². The highest BCUT2D eigenvalue weighted by atomic mass is 16.3. The molecule has 20 heavy (non-hydrogen) atoms. The molecule has 0 radical (unpaired) electrons. The van der Waals surface area contributed by atoms with Gasteiger partial charge in [-0.3, -0.25) is 0 Å². The molecule has 1 atom stereocenters. The van der Waals surface area contributed by atoms with Crippen LogP contribution in [0.2, 0.25) is 0 Å². The molecule has 0 aromatic heterocycles. The van der Waals surface area contributed by atoms with Crippen molar-refractivity contribution in [3.8, 4) is 0 Å². The molecule has 1 aromatic rings. The van der Waals surface area contributed by atoms with Crippen molar-refractivity contribution in [1.29, 1.82) is 0 Å². The SMILES string of the molecule is CC[N+](C)(CC)C[C@H](c1ccccc1)C1(O)CCCC1. The molecule has 0 spiro atoms. The number of rotatable bonds is 6. The summed E-state index contributed by atoms with van der Waals surface area (Å²) >= 11 is 0. The number of likely N-dealkylation sites (N-methyl/N-ethyl adjacent to an activating group) is 1. The Labute approximate surface area is 124 Å². The topological polar surface area (TPSA) is 20.2 Å². The summed E-state index contributed by atoms with van der Waals surface area (Å²) in [6.07, 6.45) is 4.25. The van der Waals surface area contributed by atoms with E-state index >= 15 is 0 Å². The second-order valence-electron chi connectivity index (χ2n) is 6.71. The molecule has 0 saturated heterocycles. The van der Waals surface area contributed by atoms with E-state index < -0.39 is 5.60 Å². The first-order chi connectivity index (χ1) is 9.53.